The van der Waals surface area contributed by atoms with Gasteiger partial charge < -0.3 is 15.2 Å². The van der Waals surface area contributed by atoms with Gasteiger partial charge in [-0.3, -0.25) is 4.79 Å². The quantitative estimate of drug-likeness (QED) is 0.781. The fourth-order valence-electron chi connectivity index (χ4n) is 4.20. The van der Waals surface area contributed by atoms with Crippen molar-refractivity contribution in [2.24, 2.45) is 0 Å². The second-order valence-electron chi connectivity index (χ2n) is 7.00. The van der Waals surface area contributed by atoms with E-state index in [-0.39, 0.29) is 17.8 Å². The van der Waals surface area contributed by atoms with Gasteiger partial charge in [0.25, 0.3) is 5.91 Å². The van der Waals surface area contributed by atoms with E-state index < -0.39 is 5.54 Å². The van der Waals surface area contributed by atoms with E-state index in [0.717, 1.165) is 46.8 Å². The lowest BCUT2D eigenvalue weighted by molar-refractivity contribution is -0.116. The molecule has 2 N–H and O–H groups in total. The number of carbonyl (C=O) groups excluding carboxylic acids is 1. The Balaban J connectivity index is 2.09. The Bertz CT molecular complexity index is 693. The summed E-state index contributed by atoms with van der Waals surface area (Å²) in [4.78, 5) is 12.9. The van der Waals surface area contributed by atoms with Gasteiger partial charge in [0.15, 0.2) is 0 Å². The Morgan fingerprint density at radius 2 is 1.80 bits per heavy atom. The molecule has 1 fully saturated rings. The van der Waals surface area contributed by atoms with Gasteiger partial charge in [0.1, 0.15) is 5.76 Å². The fourth-order valence-corrected chi connectivity index (χ4v) is 4.76. The predicted octanol–water partition coefficient (Wildman–Crippen LogP) is 4.30. The molecule has 0 aromatic heterocycles. The number of carbonyl (C=O) groups is 1. The van der Waals surface area contributed by atoms with E-state index in [1.165, 1.54) is 0 Å². The van der Waals surface area contributed by atoms with Crippen LogP contribution in [0.2, 0.25) is 0 Å². The summed E-state index contributed by atoms with van der Waals surface area (Å²) in [5, 5.41) is 14.2. The lowest BCUT2D eigenvalue weighted by atomic mass is 9.78. The van der Waals surface area contributed by atoms with Gasteiger partial charge in [0.2, 0.25) is 0 Å². The molecule has 0 saturated heterocycles. The van der Waals surface area contributed by atoms with Crippen LogP contribution >= 0.6 is 15.9 Å². The third kappa shape index (κ3) is 3.13. The van der Waals surface area contributed by atoms with E-state index >= 15 is 0 Å². The Kier molecular flexibility index (Phi) is 5.26. The zero-order valence-electron chi connectivity index (χ0n) is 15.1. The first-order valence-corrected chi connectivity index (χ1v) is 9.85. The highest BCUT2D eigenvalue weighted by atomic mass is 79.9. The van der Waals surface area contributed by atoms with Crippen LogP contribution in [0.3, 0.4) is 0 Å². The molecule has 0 atom stereocenters. The molecule has 5 heteroatoms. The van der Waals surface area contributed by atoms with E-state index in [1.54, 1.807) is 7.11 Å². The van der Waals surface area contributed by atoms with Gasteiger partial charge in [-0.25, -0.2) is 0 Å². The third-order valence-electron chi connectivity index (χ3n) is 5.67. The van der Waals surface area contributed by atoms with Gasteiger partial charge in [-0.05, 0) is 67.3 Å². The highest BCUT2D eigenvalue weighted by molar-refractivity contribution is 9.10. The number of ether oxygens (including phenoxy) is 1. The molecule has 0 bridgehead atoms. The van der Waals surface area contributed by atoms with Crippen LogP contribution in [0.1, 0.15) is 56.2 Å². The highest BCUT2D eigenvalue weighted by Crippen LogP contribution is 2.43. The van der Waals surface area contributed by atoms with Crippen LogP contribution in [0.25, 0.3) is 5.57 Å². The molecular formula is C20H26BrNO3. The van der Waals surface area contributed by atoms with Crippen molar-refractivity contribution in [3.63, 3.8) is 0 Å². The third-order valence-corrected chi connectivity index (χ3v) is 6.13. The molecule has 1 amide bonds. The van der Waals surface area contributed by atoms with Crippen LogP contribution in [0.4, 0.5) is 0 Å². The number of benzene rings is 1. The summed E-state index contributed by atoms with van der Waals surface area (Å²) in [6, 6.07) is 4.10. The number of amides is 1. The molecule has 1 heterocycles. The lowest BCUT2D eigenvalue weighted by Crippen LogP contribution is -2.48. The van der Waals surface area contributed by atoms with Crippen molar-refractivity contribution < 1.29 is 14.6 Å². The van der Waals surface area contributed by atoms with Crippen molar-refractivity contribution >= 4 is 27.4 Å². The van der Waals surface area contributed by atoms with Crippen LogP contribution < -0.4 is 5.32 Å². The Morgan fingerprint density at radius 1 is 1.24 bits per heavy atom. The van der Waals surface area contributed by atoms with E-state index in [0.29, 0.717) is 18.4 Å². The molecule has 1 spiro atoms. The molecule has 1 aliphatic carbocycles. The van der Waals surface area contributed by atoms with Crippen LogP contribution in [0.15, 0.2) is 22.4 Å². The van der Waals surface area contributed by atoms with E-state index in [2.05, 4.69) is 47.2 Å². The summed E-state index contributed by atoms with van der Waals surface area (Å²) >= 11 is 3.56. The fraction of sp³-hybridized carbons (Fsp3) is 0.550. The molecule has 3 rings (SSSR count). The SMILES string of the molecule is CCc1cc(Br)cc(CC)c1C1=C(O)[C@]2(CC[C@H](OC)CC2)NC1=O. The first-order chi connectivity index (χ1) is 12.0. The van der Waals surface area contributed by atoms with Crippen LogP contribution in [-0.4, -0.2) is 29.8 Å². The second kappa shape index (κ2) is 7.12. The second-order valence-corrected chi connectivity index (χ2v) is 7.92. The summed E-state index contributed by atoms with van der Waals surface area (Å²) in [6.45, 7) is 4.16. The molecule has 0 radical (unpaired) electrons. The number of aryl methyl sites for hydroxylation is 2. The van der Waals surface area contributed by atoms with Crippen molar-refractivity contribution in [2.45, 2.75) is 64.0 Å². The minimum atomic E-state index is -0.620. The van der Waals surface area contributed by atoms with Crippen molar-refractivity contribution in [1.29, 1.82) is 0 Å². The predicted molar refractivity (Wildman–Crippen MR) is 103 cm³/mol. The maximum atomic E-state index is 12.9. The van der Waals surface area contributed by atoms with E-state index in [4.69, 9.17) is 4.74 Å². The number of aliphatic hydroxyl groups is 1. The maximum absolute atomic E-state index is 12.9. The normalized spacial score (nSPS) is 26.4. The molecule has 1 saturated carbocycles. The zero-order valence-corrected chi connectivity index (χ0v) is 16.7. The minimum Gasteiger partial charge on any atom is -0.509 e. The Hall–Kier alpha value is -1.33. The number of hydrogen-bond donors (Lipinski definition) is 2. The van der Waals surface area contributed by atoms with Crippen LogP contribution in [-0.2, 0) is 22.4 Å². The maximum Gasteiger partial charge on any atom is 0.256 e. The van der Waals surface area contributed by atoms with Gasteiger partial charge in [-0.2, -0.15) is 0 Å². The molecule has 0 unspecified atom stereocenters. The zero-order chi connectivity index (χ0) is 18.2. The first-order valence-electron chi connectivity index (χ1n) is 9.06. The monoisotopic (exact) mass is 407 g/mol. The van der Waals surface area contributed by atoms with Gasteiger partial charge in [-0.1, -0.05) is 29.8 Å². The van der Waals surface area contributed by atoms with Crippen molar-refractivity contribution in [3.05, 3.63) is 39.1 Å². The number of aliphatic hydroxyl groups excluding tert-OH is 1. The number of nitrogens with one attached hydrogen (secondary N) is 1. The smallest absolute Gasteiger partial charge is 0.256 e. The summed E-state index contributed by atoms with van der Waals surface area (Å²) in [5.74, 6) is 0.0684. The Labute approximate surface area is 157 Å². The van der Waals surface area contributed by atoms with Crippen molar-refractivity contribution in [3.8, 4) is 0 Å². The molecule has 25 heavy (non-hydrogen) atoms. The van der Waals surface area contributed by atoms with Crippen molar-refractivity contribution in [1.82, 2.24) is 5.32 Å². The number of methoxy groups -OCH3 is 1. The largest absolute Gasteiger partial charge is 0.509 e. The molecule has 4 nitrogen and oxygen atoms in total. The lowest BCUT2D eigenvalue weighted by Gasteiger charge is -2.36. The summed E-state index contributed by atoms with van der Waals surface area (Å²) in [7, 11) is 1.72. The highest BCUT2D eigenvalue weighted by Gasteiger charge is 2.48. The molecule has 2 aliphatic rings. The van der Waals surface area contributed by atoms with Crippen LogP contribution in [0, 0.1) is 0 Å². The topological polar surface area (TPSA) is 58.6 Å². The van der Waals surface area contributed by atoms with E-state index in [9.17, 15) is 9.90 Å². The summed E-state index contributed by atoms with van der Waals surface area (Å²) in [6.07, 6.45) is 4.95. The van der Waals surface area contributed by atoms with Crippen LogP contribution in [0.5, 0.6) is 0 Å². The average molecular weight is 408 g/mol. The van der Waals surface area contributed by atoms with E-state index in [1.807, 2.05) is 0 Å². The standard InChI is InChI=1S/C20H26BrNO3/c1-4-12-10-14(21)11-13(5-2)16(12)17-18(23)20(22-19(17)24)8-6-15(25-3)7-9-20/h10-11,15,23H,4-9H2,1-3H3,(H,22,24)/t15-,20+. The number of hydrogen-bond acceptors (Lipinski definition) is 3. The first kappa shape index (κ1) is 18.5. The summed E-state index contributed by atoms with van der Waals surface area (Å²) in [5.41, 5.74) is 2.94. The Morgan fingerprint density at radius 3 is 2.28 bits per heavy atom. The van der Waals surface area contributed by atoms with Crippen molar-refractivity contribution in [2.75, 3.05) is 7.11 Å². The van der Waals surface area contributed by atoms with Gasteiger partial charge in [-0.15, -0.1) is 0 Å². The minimum absolute atomic E-state index is 0.153. The number of halogens is 1. The van der Waals surface area contributed by atoms with Gasteiger partial charge >= 0.3 is 0 Å². The molecule has 1 aliphatic heterocycles. The average Bonchev–Trinajstić information content (AvgIpc) is 2.85. The number of rotatable bonds is 4. The molecule has 1 aromatic carbocycles. The summed E-state index contributed by atoms with van der Waals surface area (Å²) < 4.78 is 6.45. The van der Waals surface area contributed by atoms with Gasteiger partial charge in [0, 0.05) is 11.6 Å². The molecule has 136 valence electrons. The molecule has 1 aromatic rings. The molecular weight excluding hydrogens is 382 g/mol. The van der Waals surface area contributed by atoms with Gasteiger partial charge in [0.05, 0.1) is 17.2 Å².